The summed E-state index contributed by atoms with van der Waals surface area (Å²) < 4.78 is 35.6. The Balaban J connectivity index is 4.28. The summed E-state index contributed by atoms with van der Waals surface area (Å²) in [6.07, 6.45) is -0.437. The Bertz CT molecular complexity index is 101. The van der Waals surface area contributed by atoms with Gasteiger partial charge >= 0.3 is 0 Å². The van der Waals surface area contributed by atoms with Crippen LogP contribution in [-0.4, -0.2) is 16.0 Å². The lowest BCUT2D eigenvalue weighted by atomic mass is 10.3. The van der Waals surface area contributed by atoms with E-state index >= 15 is 0 Å². The maximum absolute atomic E-state index is 12.8. The van der Waals surface area contributed by atoms with Gasteiger partial charge in [-0.3, -0.25) is 0 Å². The van der Waals surface area contributed by atoms with Crippen LogP contribution in [-0.2, 0) is 0 Å². The van der Waals surface area contributed by atoms with Gasteiger partial charge in [0, 0.05) is 6.42 Å². The van der Waals surface area contributed by atoms with Gasteiger partial charge in [0.25, 0.3) is 5.92 Å². The van der Waals surface area contributed by atoms with Gasteiger partial charge in [0.1, 0.15) is 0 Å². The van der Waals surface area contributed by atoms with Crippen molar-refractivity contribution in [2.24, 2.45) is 0 Å². The molecule has 0 aromatic rings. The molecular weight excluding hydrogens is 275 g/mol. The van der Waals surface area contributed by atoms with E-state index in [1.165, 1.54) is 36.2 Å². The van der Waals surface area contributed by atoms with E-state index in [1.54, 1.807) is 0 Å². The molecule has 0 bridgehead atoms. The highest BCUT2D eigenvalue weighted by Gasteiger charge is 2.49. The van der Waals surface area contributed by atoms with Crippen molar-refractivity contribution in [1.29, 1.82) is 0 Å². The third-order valence-corrected chi connectivity index (χ3v) is 4.62. The average molecular weight is 284 g/mol. The Kier molecular flexibility index (Phi) is 3.90. The molecule has 5 heteroatoms. The van der Waals surface area contributed by atoms with Crippen LogP contribution < -0.4 is 0 Å². The highest BCUT2D eigenvalue weighted by molar-refractivity contribution is 14.1. The molecule has 0 aliphatic rings. The van der Waals surface area contributed by atoms with E-state index < -0.39 is 15.8 Å². The Morgan fingerprint density at radius 2 is 1.80 bits per heavy atom. The van der Waals surface area contributed by atoms with E-state index in [4.69, 9.17) is 0 Å². The molecule has 0 amide bonds. The Hall–Kier alpha value is 0.950. The van der Waals surface area contributed by atoms with Crippen molar-refractivity contribution < 1.29 is 13.2 Å². The first-order valence-corrected chi connectivity index (χ1v) is 5.40. The molecule has 2 atom stereocenters. The molecule has 0 aliphatic heterocycles. The fourth-order valence-corrected chi connectivity index (χ4v) is 1.33. The number of hydrogen-bond acceptors (Lipinski definition) is 0. The van der Waals surface area contributed by atoms with Crippen molar-refractivity contribution in [2.75, 3.05) is 6.66 Å². The lowest BCUT2D eigenvalue weighted by molar-refractivity contribution is -0.0484. The molecule has 0 saturated heterocycles. The van der Waals surface area contributed by atoms with Crippen LogP contribution in [0.3, 0.4) is 0 Å². The van der Waals surface area contributed by atoms with Crippen molar-refractivity contribution in [2.45, 2.75) is 22.7 Å². The smallest absolute Gasteiger partial charge is 0.221 e. The molecular formula is C5H9F3IP. The van der Waals surface area contributed by atoms with Crippen molar-refractivity contribution in [1.82, 2.24) is 0 Å². The number of halogens is 4. The topological polar surface area (TPSA) is 0 Å². The van der Waals surface area contributed by atoms with Crippen LogP contribution in [0.2, 0.25) is 0 Å². The molecule has 0 aromatic heterocycles. The molecule has 0 radical (unpaired) electrons. The summed E-state index contributed by atoms with van der Waals surface area (Å²) in [5.74, 6) is -3.18. The van der Waals surface area contributed by atoms with Gasteiger partial charge in [0.15, 0.2) is 0 Å². The predicted octanol–water partition coefficient (Wildman–Crippen LogP) is 3.40. The SMILES string of the molecule is CCC(F)(F)C(F)(I)PC. The molecule has 0 nitrogen and oxygen atoms in total. The van der Waals surface area contributed by atoms with Crippen LogP contribution in [0.25, 0.3) is 0 Å². The zero-order valence-corrected chi connectivity index (χ0v) is 8.88. The van der Waals surface area contributed by atoms with E-state index in [1.807, 2.05) is 0 Å². The zero-order chi connectivity index (χ0) is 8.41. The van der Waals surface area contributed by atoms with E-state index in [0.29, 0.717) is 0 Å². The Morgan fingerprint density at radius 1 is 1.40 bits per heavy atom. The van der Waals surface area contributed by atoms with Gasteiger partial charge in [-0.2, -0.15) is 0 Å². The molecule has 62 valence electrons. The largest absolute Gasteiger partial charge is 0.293 e. The van der Waals surface area contributed by atoms with Crippen LogP contribution in [0, 0.1) is 0 Å². The van der Waals surface area contributed by atoms with Gasteiger partial charge in [0.05, 0.1) is 0 Å². The first kappa shape index (κ1) is 11.0. The first-order valence-electron chi connectivity index (χ1n) is 2.82. The minimum absolute atomic E-state index is 0.387. The predicted molar refractivity (Wildman–Crippen MR) is 47.3 cm³/mol. The fourth-order valence-electron chi connectivity index (χ4n) is 0.405. The standard InChI is InChI=1S/C5H9F3IP/c1-3-4(6,7)5(8,9)10-2/h10H,3H2,1-2H3. The molecule has 0 aliphatic carbocycles. The van der Waals surface area contributed by atoms with E-state index in [2.05, 4.69) is 0 Å². The van der Waals surface area contributed by atoms with Gasteiger partial charge in [-0.1, -0.05) is 15.5 Å². The second-order valence-corrected chi connectivity index (χ2v) is 5.58. The van der Waals surface area contributed by atoms with Crippen LogP contribution in [0.1, 0.15) is 13.3 Å². The van der Waals surface area contributed by atoms with E-state index in [-0.39, 0.29) is 8.58 Å². The molecule has 0 N–H and O–H groups in total. The highest BCUT2D eigenvalue weighted by atomic mass is 127. The lowest BCUT2D eigenvalue weighted by Gasteiger charge is -2.25. The molecule has 0 aromatic carbocycles. The molecule has 2 unspecified atom stereocenters. The van der Waals surface area contributed by atoms with E-state index in [9.17, 15) is 13.2 Å². The van der Waals surface area contributed by atoms with Crippen molar-refractivity contribution >= 4 is 31.2 Å². The Morgan fingerprint density at radius 3 is 1.90 bits per heavy atom. The summed E-state index contributed by atoms with van der Waals surface area (Å²) in [6.45, 7) is 2.73. The third-order valence-electron chi connectivity index (χ3n) is 1.22. The number of rotatable bonds is 3. The zero-order valence-electron chi connectivity index (χ0n) is 5.72. The summed E-state index contributed by atoms with van der Waals surface area (Å²) in [5.41, 5.74) is 0. The first-order chi connectivity index (χ1) is 4.37. The number of alkyl halides is 4. The van der Waals surface area contributed by atoms with Gasteiger partial charge in [-0.15, -0.1) is 0 Å². The van der Waals surface area contributed by atoms with Crippen LogP contribution >= 0.6 is 31.2 Å². The average Bonchev–Trinajstić information content (AvgIpc) is 1.88. The summed E-state index contributed by atoms with van der Waals surface area (Å²) in [7, 11) is -0.387. The summed E-state index contributed by atoms with van der Waals surface area (Å²) in [6, 6.07) is 0. The second-order valence-electron chi connectivity index (χ2n) is 1.88. The molecule has 0 spiro atoms. The molecule has 10 heavy (non-hydrogen) atoms. The minimum atomic E-state index is -3.18. The van der Waals surface area contributed by atoms with Crippen LogP contribution in [0.5, 0.6) is 0 Å². The molecule has 0 fully saturated rings. The lowest BCUT2D eigenvalue weighted by Crippen LogP contribution is -2.33. The van der Waals surface area contributed by atoms with Gasteiger partial charge in [-0.05, 0) is 29.3 Å². The van der Waals surface area contributed by atoms with Gasteiger partial charge in [0.2, 0.25) is 3.42 Å². The molecule has 0 heterocycles. The third kappa shape index (κ3) is 2.22. The monoisotopic (exact) mass is 284 g/mol. The maximum Gasteiger partial charge on any atom is 0.293 e. The van der Waals surface area contributed by atoms with Crippen molar-refractivity contribution in [3.63, 3.8) is 0 Å². The molecule has 0 saturated carbocycles. The fraction of sp³-hybridized carbons (Fsp3) is 1.00. The quantitative estimate of drug-likeness (QED) is 0.423. The van der Waals surface area contributed by atoms with E-state index in [0.717, 1.165) is 0 Å². The number of hydrogen-bond donors (Lipinski definition) is 0. The molecule has 0 rings (SSSR count). The normalized spacial score (nSPS) is 19.8. The summed E-state index contributed by atoms with van der Waals surface area (Å²) in [4.78, 5) is 0. The van der Waals surface area contributed by atoms with Gasteiger partial charge < -0.3 is 0 Å². The van der Waals surface area contributed by atoms with Crippen molar-refractivity contribution in [3.05, 3.63) is 0 Å². The maximum atomic E-state index is 12.8. The second kappa shape index (κ2) is 3.57. The summed E-state index contributed by atoms with van der Waals surface area (Å²) >= 11 is 1.18. The highest BCUT2D eigenvalue weighted by Crippen LogP contribution is 2.50. The minimum Gasteiger partial charge on any atom is -0.221 e. The van der Waals surface area contributed by atoms with Crippen LogP contribution in [0.15, 0.2) is 0 Å². The van der Waals surface area contributed by atoms with Gasteiger partial charge in [-0.25, -0.2) is 13.2 Å². The Labute approximate surface area is 73.9 Å². The summed E-state index contributed by atoms with van der Waals surface area (Å²) in [5, 5.41) is 0. The van der Waals surface area contributed by atoms with Crippen LogP contribution in [0.4, 0.5) is 13.2 Å². The van der Waals surface area contributed by atoms with Crippen molar-refractivity contribution in [3.8, 4) is 0 Å².